The first-order valence-electron chi connectivity index (χ1n) is 6.21. The molecule has 1 aromatic heterocycles. The summed E-state index contributed by atoms with van der Waals surface area (Å²) in [5.41, 5.74) is 1.55. The van der Waals surface area contributed by atoms with Gasteiger partial charge < -0.3 is 10.2 Å². The van der Waals surface area contributed by atoms with Crippen LogP contribution in [0.25, 0.3) is 0 Å². The maximum atomic E-state index is 4.52. The Morgan fingerprint density at radius 3 is 2.50 bits per heavy atom. The largest absolute Gasteiger partial charge is 0.353 e. The van der Waals surface area contributed by atoms with Crippen LogP contribution in [0.2, 0.25) is 0 Å². The molecule has 1 aromatic rings. The van der Waals surface area contributed by atoms with Crippen molar-refractivity contribution >= 4 is 5.82 Å². The van der Waals surface area contributed by atoms with Gasteiger partial charge in [0.15, 0.2) is 0 Å². The highest BCUT2D eigenvalue weighted by Crippen LogP contribution is 2.32. The van der Waals surface area contributed by atoms with Gasteiger partial charge in [0, 0.05) is 18.8 Å². The van der Waals surface area contributed by atoms with Crippen LogP contribution in [0.5, 0.6) is 0 Å². The summed E-state index contributed by atoms with van der Waals surface area (Å²) in [7, 11) is 0. The smallest absolute Gasteiger partial charge is 0.128 e. The molecule has 3 heteroatoms. The molecule has 0 amide bonds. The van der Waals surface area contributed by atoms with E-state index in [9.17, 15) is 0 Å². The van der Waals surface area contributed by atoms with Gasteiger partial charge in [0.2, 0.25) is 0 Å². The molecule has 1 N–H and O–H groups in total. The number of aryl methyl sites for hydroxylation is 1. The second kappa shape index (κ2) is 4.42. The van der Waals surface area contributed by atoms with E-state index in [0.29, 0.717) is 5.54 Å². The Hall–Kier alpha value is -1.09. The highest BCUT2D eigenvalue weighted by Gasteiger charge is 2.47. The Morgan fingerprint density at radius 1 is 1.31 bits per heavy atom. The average Bonchev–Trinajstić information content (AvgIpc) is 2.17. The number of rotatable bonds is 1. The third-order valence-electron chi connectivity index (χ3n) is 3.29. The van der Waals surface area contributed by atoms with Crippen LogP contribution < -0.4 is 10.2 Å². The normalized spacial score (nSPS) is 20.6. The molecule has 2 fully saturated rings. The van der Waals surface area contributed by atoms with Crippen molar-refractivity contribution in [1.29, 1.82) is 0 Å². The van der Waals surface area contributed by atoms with E-state index in [1.165, 1.54) is 13.0 Å². The third-order valence-corrected chi connectivity index (χ3v) is 3.29. The van der Waals surface area contributed by atoms with Crippen molar-refractivity contribution in [3.63, 3.8) is 0 Å². The second-order valence-corrected chi connectivity index (χ2v) is 4.45. The quantitative estimate of drug-likeness (QED) is 0.782. The van der Waals surface area contributed by atoms with E-state index in [0.717, 1.165) is 24.6 Å². The molecule has 0 aromatic carbocycles. The van der Waals surface area contributed by atoms with Gasteiger partial charge in [-0.25, -0.2) is 4.98 Å². The van der Waals surface area contributed by atoms with Crippen LogP contribution in [0.3, 0.4) is 0 Å². The Bertz CT molecular complexity index is 350. The van der Waals surface area contributed by atoms with Crippen LogP contribution in [-0.4, -0.2) is 30.2 Å². The topological polar surface area (TPSA) is 28.2 Å². The van der Waals surface area contributed by atoms with Crippen LogP contribution in [-0.2, 0) is 0 Å². The number of hydrogen-bond acceptors (Lipinski definition) is 3. The third kappa shape index (κ3) is 1.92. The summed E-state index contributed by atoms with van der Waals surface area (Å²) < 4.78 is 0. The van der Waals surface area contributed by atoms with Crippen LogP contribution in [0.4, 0.5) is 5.82 Å². The summed E-state index contributed by atoms with van der Waals surface area (Å²) in [6.07, 6.45) is 1.33. The van der Waals surface area contributed by atoms with Gasteiger partial charge >= 0.3 is 0 Å². The zero-order valence-electron chi connectivity index (χ0n) is 10.5. The molecule has 16 heavy (non-hydrogen) atoms. The monoisotopic (exact) mass is 219 g/mol. The van der Waals surface area contributed by atoms with Crippen molar-refractivity contribution in [1.82, 2.24) is 10.3 Å². The molecule has 0 bridgehead atoms. The van der Waals surface area contributed by atoms with Crippen LogP contribution in [0, 0.1) is 6.92 Å². The van der Waals surface area contributed by atoms with E-state index in [1.54, 1.807) is 0 Å². The number of aromatic nitrogens is 1. The zero-order chi connectivity index (χ0) is 11.6. The van der Waals surface area contributed by atoms with E-state index < -0.39 is 0 Å². The number of anilines is 1. The molecular formula is C13H21N3. The lowest BCUT2D eigenvalue weighted by atomic mass is 9.80. The summed E-state index contributed by atoms with van der Waals surface area (Å²) >= 11 is 0. The van der Waals surface area contributed by atoms with Crippen molar-refractivity contribution in [2.75, 3.05) is 24.5 Å². The Kier molecular flexibility index (Phi) is 3.15. The van der Waals surface area contributed by atoms with Crippen molar-refractivity contribution in [3.05, 3.63) is 23.9 Å². The molecule has 88 valence electrons. The minimum absolute atomic E-state index is 0.450. The average molecular weight is 219 g/mol. The van der Waals surface area contributed by atoms with Crippen LogP contribution in [0.1, 0.15) is 26.0 Å². The van der Waals surface area contributed by atoms with E-state index in [-0.39, 0.29) is 0 Å². The molecule has 3 heterocycles. The first-order chi connectivity index (χ1) is 7.77. The van der Waals surface area contributed by atoms with Crippen LogP contribution in [0.15, 0.2) is 18.2 Å². The first-order valence-corrected chi connectivity index (χ1v) is 6.21. The van der Waals surface area contributed by atoms with Crippen molar-refractivity contribution in [2.45, 2.75) is 32.7 Å². The van der Waals surface area contributed by atoms with Crippen molar-refractivity contribution < 1.29 is 0 Å². The fourth-order valence-corrected chi connectivity index (χ4v) is 2.30. The molecule has 3 rings (SSSR count). The van der Waals surface area contributed by atoms with E-state index in [2.05, 4.69) is 27.3 Å². The minimum atomic E-state index is 0.450. The molecule has 3 nitrogen and oxygen atoms in total. The Labute approximate surface area is 97.9 Å². The maximum Gasteiger partial charge on any atom is 0.128 e. The minimum Gasteiger partial charge on any atom is -0.353 e. The first kappa shape index (κ1) is 11.4. The molecule has 0 aliphatic carbocycles. The fourth-order valence-electron chi connectivity index (χ4n) is 2.30. The van der Waals surface area contributed by atoms with E-state index in [4.69, 9.17) is 0 Å². The van der Waals surface area contributed by atoms with Crippen molar-refractivity contribution in [3.8, 4) is 0 Å². The lowest BCUT2D eigenvalue weighted by molar-refractivity contribution is 0.158. The van der Waals surface area contributed by atoms with Gasteiger partial charge in [0.05, 0.1) is 5.54 Å². The Morgan fingerprint density at radius 2 is 2.00 bits per heavy atom. The summed E-state index contributed by atoms with van der Waals surface area (Å²) in [4.78, 5) is 6.86. The molecule has 0 saturated carbocycles. The van der Waals surface area contributed by atoms with Gasteiger partial charge in [-0.05, 0) is 32.0 Å². The van der Waals surface area contributed by atoms with Crippen LogP contribution >= 0.6 is 0 Å². The summed E-state index contributed by atoms with van der Waals surface area (Å²) in [5, 5.41) is 3.50. The second-order valence-electron chi connectivity index (χ2n) is 4.45. The highest BCUT2D eigenvalue weighted by molar-refractivity contribution is 5.46. The van der Waals surface area contributed by atoms with Gasteiger partial charge in [0.1, 0.15) is 5.82 Å². The van der Waals surface area contributed by atoms with Gasteiger partial charge in [-0.2, -0.15) is 0 Å². The maximum absolute atomic E-state index is 4.52. The number of nitrogens with zero attached hydrogens (tertiary/aromatic N) is 2. The fraction of sp³-hybridized carbons (Fsp3) is 0.615. The lowest BCUT2D eigenvalue weighted by Crippen LogP contribution is -2.76. The summed E-state index contributed by atoms with van der Waals surface area (Å²) in [6, 6.07) is 6.22. The number of nitrogens with one attached hydrogen (secondary N) is 1. The Balaban J connectivity index is 0.000000457. The van der Waals surface area contributed by atoms with Gasteiger partial charge in [-0.15, -0.1) is 0 Å². The predicted octanol–water partition coefficient (Wildman–Crippen LogP) is 1.97. The van der Waals surface area contributed by atoms with E-state index >= 15 is 0 Å². The van der Waals surface area contributed by atoms with Gasteiger partial charge in [0.25, 0.3) is 0 Å². The predicted molar refractivity (Wildman–Crippen MR) is 67.9 cm³/mol. The SMILES string of the molecule is CC.Cc1cccc(N2CC3(CCN3)C2)n1. The lowest BCUT2D eigenvalue weighted by Gasteiger charge is -2.56. The zero-order valence-corrected chi connectivity index (χ0v) is 10.5. The highest BCUT2D eigenvalue weighted by atomic mass is 15.3. The molecule has 2 aliphatic heterocycles. The molecular weight excluding hydrogens is 198 g/mol. The standard InChI is InChI=1S/C11H15N3.C2H6/c1-9-3-2-4-10(13-9)14-7-11(8-14)5-6-12-11;1-2/h2-4,12H,5-8H2,1H3;1-2H3. The summed E-state index contributed by atoms with van der Waals surface area (Å²) in [6.45, 7) is 9.49. The molecule has 2 aliphatic rings. The molecule has 1 spiro atoms. The molecule has 0 atom stereocenters. The van der Waals surface area contributed by atoms with E-state index in [1.807, 2.05) is 26.8 Å². The van der Waals surface area contributed by atoms with Crippen molar-refractivity contribution in [2.24, 2.45) is 0 Å². The van der Waals surface area contributed by atoms with Gasteiger partial charge in [-0.1, -0.05) is 19.9 Å². The molecule has 0 radical (unpaired) electrons. The van der Waals surface area contributed by atoms with Gasteiger partial charge in [-0.3, -0.25) is 0 Å². The number of pyridine rings is 1. The molecule has 2 saturated heterocycles. The molecule has 0 unspecified atom stereocenters. The number of hydrogen-bond donors (Lipinski definition) is 1. The summed E-state index contributed by atoms with van der Waals surface area (Å²) in [5.74, 6) is 1.13.